The molecule has 0 atom stereocenters. The van der Waals surface area contributed by atoms with Gasteiger partial charge in [0.25, 0.3) is 0 Å². The molecule has 0 N–H and O–H groups in total. The second kappa shape index (κ2) is 5.03. The van der Waals surface area contributed by atoms with Gasteiger partial charge in [-0.3, -0.25) is 0 Å². The summed E-state index contributed by atoms with van der Waals surface area (Å²) >= 11 is 0. The van der Waals surface area contributed by atoms with E-state index in [9.17, 15) is 4.79 Å². The lowest BCUT2D eigenvalue weighted by Crippen LogP contribution is -2.06. The minimum absolute atomic E-state index is 0.0863. The van der Waals surface area contributed by atoms with Crippen LogP contribution in [-0.4, -0.2) is 12.8 Å². The first-order chi connectivity index (χ1) is 6.33. The smallest absolute Gasteiger partial charge is 0.466 e. The van der Waals surface area contributed by atoms with Gasteiger partial charge in [-0.15, -0.1) is 0 Å². The Bertz CT molecular complexity index is 263. The van der Waals surface area contributed by atoms with E-state index in [1.54, 1.807) is 12.1 Å². The molecule has 0 saturated carbocycles. The molecule has 1 aromatic rings. The minimum Gasteiger partial charge on any atom is -0.466 e. The van der Waals surface area contributed by atoms with Crippen molar-refractivity contribution in [2.24, 2.45) is 0 Å². The molecule has 0 amide bonds. The number of rotatable bonds is 4. The Morgan fingerprint density at radius 1 is 1.62 bits per heavy atom. The topological polar surface area (TPSA) is 48.7 Å². The summed E-state index contributed by atoms with van der Waals surface area (Å²) in [5.74, 6) is 0.579. The summed E-state index contributed by atoms with van der Waals surface area (Å²) in [6.07, 6.45) is 2.25. The Balaban J connectivity index is 2.19. The molecule has 13 heavy (non-hydrogen) atoms. The van der Waals surface area contributed by atoms with E-state index in [2.05, 4.69) is 16.1 Å². The average molecular weight is 182 g/mol. The van der Waals surface area contributed by atoms with Crippen LogP contribution in [0.25, 0.3) is 0 Å². The first-order valence-electron chi connectivity index (χ1n) is 3.75. The normalized spacial score (nSPS) is 9.23. The van der Waals surface area contributed by atoms with Crippen LogP contribution in [-0.2, 0) is 16.1 Å². The van der Waals surface area contributed by atoms with Gasteiger partial charge in [-0.05, 0) is 12.1 Å². The van der Waals surface area contributed by atoms with Crippen LogP contribution in [0, 0.1) is 0 Å². The zero-order valence-electron chi connectivity index (χ0n) is 7.06. The lowest BCUT2D eigenvalue weighted by atomic mass is 10.5. The van der Waals surface area contributed by atoms with Gasteiger partial charge in [0.15, 0.2) is 6.61 Å². The largest absolute Gasteiger partial charge is 0.509 e. The van der Waals surface area contributed by atoms with E-state index in [0.717, 1.165) is 0 Å². The van der Waals surface area contributed by atoms with Crippen LogP contribution in [0.3, 0.4) is 0 Å². The average Bonchev–Trinajstić information content (AvgIpc) is 2.64. The summed E-state index contributed by atoms with van der Waals surface area (Å²) in [5.41, 5.74) is 0. The van der Waals surface area contributed by atoms with E-state index in [1.807, 2.05) is 0 Å². The van der Waals surface area contributed by atoms with Crippen molar-refractivity contribution in [2.45, 2.75) is 6.61 Å². The molecular formula is C9H10O4. The highest BCUT2D eigenvalue weighted by Gasteiger charge is 2.03. The van der Waals surface area contributed by atoms with Crippen LogP contribution in [0.15, 0.2) is 35.5 Å². The fourth-order valence-electron chi connectivity index (χ4n) is 0.693. The van der Waals surface area contributed by atoms with Gasteiger partial charge in [-0.1, -0.05) is 12.7 Å². The zero-order chi connectivity index (χ0) is 9.52. The highest BCUT2D eigenvalue weighted by Crippen LogP contribution is 2.02. The van der Waals surface area contributed by atoms with Crippen molar-refractivity contribution in [1.29, 1.82) is 0 Å². The second-order valence-corrected chi connectivity index (χ2v) is 2.22. The number of hydrogen-bond acceptors (Lipinski definition) is 4. The number of ether oxygens (including phenoxy) is 2. The molecule has 0 aromatic carbocycles. The predicted molar refractivity (Wildman–Crippen MR) is 45.0 cm³/mol. The van der Waals surface area contributed by atoms with Crippen LogP contribution in [0.2, 0.25) is 0 Å². The van der Waals surface area contributed by atoms with E-state index in [-0.39, 0.29) is 13.2 Å². The highest BCUT2D eigenvalue weighted by molar-refractivity contribution is 5.59. The second-order valence-electron chi connectivity index (χ2n) is 2.22. The number of carbonyl (C=O) groups is 1. The third-order valence-corrected chi connectivity index (χ3v) is 1.23. The molecular weight excluding hydrogens is 172 g/mol. The van der Waals surface area contributed by atoms with Crippen molar-refractivity contribution >= 4 is 6.16 Å². The summed E-state index contributed by atoms with van der Waals surface area (Å²) in [6.45, 7) is 3.63. The van der Waals surface area contributed by atoms with Crippen LogP contribution in [0.4, 0.5) is 4.79 Å². The van der Waals surface area contributed by atoms with E-state index in [1.165, 1.54) is 12.3 Å². The van der Waals surface area contributed by atoms with Gasteiger partial charge in [-0.25, -0.2) is 4.79 Å². The number of hydrogen-bond donors (Lipinski definition) is 0. The third kappa shape index (κ3) is 3.46. The lowest BCUT2D eigenvalue weighted by molar-refractivity contribution is 0.0528. The van der Waals surface area contributed by atoms with Crippen LogP contribution in [0.1, 0.15) is 5.76 Å². The van der Waals surface area contributed by atoms with Crippen molar-refractivity contribution in [3.05, 3.63) is 36.8 Å². The van der Waals surface area contributed by atoms with E-state index in [0.29, 0.717) is 5.76 Å². The van der Waals surface area contributed by atoms with Crippen molar-refractivity contribution in [3.8, 4) is 0 Å². The Hall–Kier alpha value is -1.71. The first-order valence-corrected chi connectivity index (χ1v) is 3.75. The highest BCUT2D eigenvalue weighted by atomic mass is 16.7. The van der Waals surface area contributed by atoms with Gasteiger partial charge in [0.05, 0.1) is 6.26 Å². The Morgan fingerprint density at radius 2 is 2.46 bits per heavy atom. The SMILES string of the molecule is C=CCOC(=O)OCc1ccco1. The molecule has 1 rings (SSSR count). The molecule has 0 aliphatic rings. The summed E-state index contributed by atoms with van der Waals surface area (Å²) in [4.78, 5) is 10.8. The molecule has 0 unspecified atom stereocenters. The van der Waals surface area contributed by atoms with E-state index in [4.69, 9.17) is 4.42 Å². The zero-order valence-corrected chi connectivity index (χ0v) is 7.06. The molecule has 70 valence electrons. The Kier molecular flexibility index (Phi) is 3.63. The molecule has 0 aliphatic carbocycles. The quantitative estimate of drug-likeness (QED) is 0.528. The summed E-state index contributed by atoms with van der Waals surface area (Å²) < 4.78 is 14.2. The van der Waals surface area contributed by atoms with Gasteiger partial charge < -0.3 is 13.9 Å². The van der Waals surface area contributed by atoms with Crippen LogP contribution >= 0.6 is 0 Å². The monoisotopic (exact) mass is 182 g/mol. The maximum Gasteiger partial charge on any atom is 0.509 e. The van der Waals surface area contributed by atoms with Crippen LogP contribution in [0.5, 0.6) is 0 Å². The Labute approximate surface area is 75.7 Å². The molecule has 0 saturated heterocycles. The van der Waals surface area contributed by atoms with Crippen molar-refractivity contribution in [1.82, 2.24) is 0 Å². The fourth-order valence-corrected chi connectivity index (χ4v) is 0.693. The maximum absolute atomic E-state index is 10.8. The maximum atomic E-state index is 10.8. The fraction of sp³-hybridized carbons (Fsp3) is 0.222. The molecule has 4 nitrogen and oxygen atoms in total. The summed E-state index contributed by atoms with van der Waals surface area (Å²) in [7, 11) is 0. The van der Waals surface area contributed by atoms with E-state index >= 15 is 0 Å². The van der Waals surface area contributed by atoms with Crippen molar-refractivity contribution in [2.75, 3.05) is 6.61 Å². The van der Waals surface area contributed by atoms with Crippen molar-refractivity contribution in [3.63, 3.8) is 0 Å². The molecule has 0 fully saturated rings. The van der Waals surface area contributed by atoms with Gasteiger partial charge in [-0.2, -0.15) is 0 Å². The lowest BCUT2D eigenvalue weighted by Gasteiger charge is -2.01. The van der Waals surface area contributed by atoms with E-state index < -0.39 is 6.16 Å². The van der Waals surface area contributed by atoms with Gasteiger partial charge >= 0.3 is 6.16 Å². The minimum atomic E-state index is -0.726. The molecule has 1 aromatic heterocycles. The molecule has 0 radical (unpaired) electrons. The summed E-state index contributed by atoms with van der Waals surface area (Å²) in [5, 5.41) is 0. The third-order valence-electron chi connectivity index (χ3n) is 1.23. The van der Waals surface area contributed by atoms with Gasteiger partial charge in [0.1, 0.15) is 12.4 Å². The number of carbonyl (C=O) groups excluding carboxylic acids is 1. The van der Waals surface area contributed by atoms with Crippen molar-refractivity contribution < 1.29 is 18.7 Å². The predicted octanol–water partition coefficient (Wildman–Crippen LogP) is 2.12. The molecule has 0 spiro atoms. The summed E-state index contributed by atoms with van der Waals surface area (Å²) in [6, 6.07) is 3.43. The Morgan fingerprint density at radius 3 is 3.08 bits per heavy atom. The number of furan rings is 1. The van der Waals surface area contributed by atoms with Gasteiger partial charge in [0.2, 0.25) is 0 Å². The molecule has 1 heterocycles. The van der Waals surface area contributed by atoms with Gasteiger partial charge in [0, 0.05) is 0 Å². The molecule has 0 aliphatic heterocycles. The standard InChI is InChI=1S/C9H10O4/c1-2-5-12-9(10)13-7-8-4-3-6-11-8/h2-4,6H,1,5,7H2. The molecule has 0 bridgehead atoms. The molecule has 4 heteroatoms. The van der Waals surface area contributed by atoms with Crippen LogP contribution < -0.4 is 0 Å². The first kappa shape index (κ1) is 9.38.